The lowest BCUT2D eigenvalue weighted by Gasteiger charge is -2.36. The molecule has 0 bridgehead atoms. The fourth-order valence-electron chi connectivity index (χ4n) is 5.71. The maximum Gasteiger partial charge on any atom is 0.321 e. The normalized spacial score (nSPS) is 20.9. The van der Waals surface area contributed by atoms with Crippen LogP contribution in [0.4, 0.5) is 4.79 Å². The first-order valence-corrected chi connectivity index (χ1v) is 14.4. The van der Waals surface area contributed by atoms with Crippen LogP contribution in [-0.4, -0.2) is 60.5 Å². The minimum Gasteiger partial charge on any atom is -0.392 e. The van der Waals surface area contributed by atoms with Crippen molar-refractivity contribution in [2.45, 2.75) is 63.4 Å². The van der Waals surface area contributed by atoms with Gasteiger partial charge in [0.1, 0.15) is 12.2 Å². The fraction of sp³-hybridized carbons (Fsp3) is 0.286. The van der Waals surface area contributed by atoms with Crippen LogP contribution in [0, 0.1) is 0 Å². The zero-order valence-electron chi connectivity index (χ0n) is 23.5. The molecule has 1 aliphatic heterocycles. The van der Waals surface area contributed by atoms with Crippen molar-refractivity contribution < 1.29 is 25.2 Å². The van der Waals surface area contributed by atoms with Crippen molar-refractivity contribution in [2.75, 3.05) is 0 Å². The van der Waals surface area contributed by atoms with Crippen molar-refractivity contribution in [3.05, 3.63) is 143 Å². The predicted octanol–water partition coefficient (Wildman–Crippen LogP) is 4.05. The summed E-state index contributed by atoms with van der Waals surface area (Å²) in [7, 11) is 0. The molecule has 0 unspecified atom stereocenters. The minimum absolute atomic E-state index is 0.0749. The molecule has 1 saturated heterocycles. The second kappa shape index (κ2) is 13.8. The zero-order chi connectivity index (χ0) is 29.5. The number of hydrogen-bond acceptors (Lipinski definition) is 5. The Morgan fingerprint density at radius 2 is 0.810 bits per heavy atom. The molecule has 0 radical (unpaired) electrons. The summed E-state index contributed by atoms with van der Waals surface area (Å²) >= 11 is 0. The molecule has 7 heteroatoms. The lowest BCUT2D eigenvalue weighted by Crippen LogP contribution is -2.50. The molecule has 4 N–H and O–H groups in total. The number of carbonyl (C=O) groups excluding carboxylic acids is 1. The van der Waals surface area contributed by atoms with Crippen LogP contribution in [0.25, 0.3) is 0 Å². The Kier molecular flexibility index (Phi) is 9.66. The molecular formula is C35H38N2O5. The van der Waals surface area contributed by atoms with Crippen molar-refractivity contribution in [2.24, 2.45) is 0 Å². The molecule has 4 aromatic rings. The lowest BCUT2D eigenvalue weighted by atomic mass is 9.91. The van der Waals surface area contributed by atoms with Gasteiger partial charge in [0.25, 0.3) is 0 Å². The maximum atomic E-state index is 14.6. The van der Waals surface area contributed by atoms with Gasteiger partial charge >= 0.3 is 6.03 Å². The van der Waals surface area contributed by atoms with E-state index in [9.17, 15) is 25.2 Å². The molecule has 0 aliphatic carbocycles. The molecule has 0 aromatic heterocycles. The first-order valence-electron chi connectivity index (χ1n) is 14.4. The summed E-state index contributed by atoms with van der Waals surface area (Å²) in [6, 6.07) is 32.6. The summed E-state index contributed by atoms with van der Waals surface area (Å²) in [5.41, 5.74) is 5.16. The number of carbonyl (C=O) groups is 1. The van der Waals surface area contributed by atoms with E-state index < -0.39 is 24.3 Å². The van der Waals surface area contributed by atoms with Crippen molar-refractivity contribution >= 4 is 6.03 Å². The second-order valence-electron chi connectivity index (χ2n) is 11.0. The number of hydrogen-bond donors (Lipinski definition) is 4. The third kappa shape index (κ3) is 6.89. The van der Waals surface area contributed by atoms with E-state index in [-0.39, 0.29) is 32.3 Å². The van der Waals surface area contributed by atoms with Crippen molar-refractivity contribution in [1.82, 2.24) is 9.80 Å². The highest BCUT2D eigenvalue weighted by Gasteiger charge is 2.46. The Bertz CT molecular complexity index is 1300. The van der Waals surface area contributed by atoms with Gasteiger partial charge in [-0.2, -0.15) is 0 Å². The monoisotopic (exact) mass is 566 g/mol. The van der Waals surface area contributed by atoms with E-state index in [1.165, 1.54) is 0 Å². The number of urea groups is 1. The van der Waals surface area contributed by atoms with Crippen LogP contribution < -0.4 is 0 Å². The molecule has 1 heterocycles. The van der Waals surface area contributed by atoms with Gasteiger partial charge < -0.3 is 30.2 Å². The number of nitrogens with zero attached hydrogens (tertiary/aromatic N) is 2. The Hall–Kier alpha value is -4.01. The van der Waals surface area contributed by atoms with E-state index in [1.54, 1.807) is 9.80 Å². The molecule has 1 aliphatic rings. The van der Waals surface area contributed by atoms with Gasteiger partial charge in [0, 0.05) is 13.1 Å². The summed E-state index contributed by atoms with van der Waals surface area (Å²) in [4.78, 5) is 18.0. The van der Waals surface area contributed by atoms with E-state index in [1.807, 2.05) is 109 Å². The highest BCUT2D eigenvalue weighted by Crippen LogP contribution is 2.30. The van der Waals surface area contributed by atoms with Gasteiger partial charge in [-0.25, -0.2) is 4.79 Å². The summed E-state index contributed by atoms with van der Waals surface area (Å²) in [5, 5.41) is 42.6. The molecule has 218 valence electrons. The Morgan fingerprint density at radius 3 is 1.14 bits per heavy atom. The van der Waals surface area contributed by atoms with Gasteiger partial charge in [0.2, 0.25) is 0 Å². The summed E-state index contributed by atoms with van der Waals surface area (Å²) in [5.74, 6) is 0. The van der Waals surface area contributed by atoms with Crippen molar-refractivity contribution in [1.29, 1.82) is 0 Å². The first kappa shape index (κ1) is 29.5. The van der Waals surface area contributed by atoms with Crippen LogP contribution in [-0.2, 0) is 39.1 Å². The minimum atomic E-state index is -1.21. The van der Waals surface area contributed by atoms with Crippen molar-refractivity contribution in [3.8, 4) is 0 Å². The molecule has 0 spiro atoms. The van der Waals surface area contributed by atoms with Crippen molar-refractivity contribution in [3.63, 3.8) is 0 Å². The third-order valence-electron chi connectivity index (χ3n) is 8.12. The average molecular weight is 567 g/mol. The highest BCUT2D eigenvalue weighted by molar-refractivity contribution is 5.76. The number of amides is 2. The van der Waals surface area contributed by atoms with E-state index in [0.29, 0.717) is 12.8 Å². The molecule has 4 aromatic carbocycles. The number of aliphatic hydroxyl groups excluding tert-OH is 4. The van der Waals surface area contributed by atoms with Gasteiger partial charge in [-0.15, -0.1) is 0 Å². The number of rotatable bonds is 10. The third-order valence-corrected chi connectivity index (χ3v) is 8.12. The molecule has 1 fully saturated rings. The van der Waals surface area contributed by atoms with Crippen LogP contribution in [0.1, 0.15) is 33.4 Å². The topological polar surface area (TPSA) is 104 Å². The summed E-state index contributed by atoms with van der Waals surface area (Å²) in [6.45, 7) is 0.302. The summed E-state index contributed by atoms with van der Waals surface area (Å²) < 4.78 is 0. The predicted molar refractivity (Wildman–Crippen MR) is 161 cm³/mol. The molecule has 0 saturated carbocycles. The van der Waals surface area contributed by atoms with E-state index in [2.05, 4.69) is 0 Å². The van der Waals surface area contributed by atoms with Gasteiger partial charge in [0.05, 0.1) is 25.3 Å². The standard InChI is InChI=1S/C35H38N2O5/c38-23-29-15-11-27(12-16-29)21-36-31(19-25-7-3-1-4-8-25)33(40)34(41)32(20-26-9-5-2-6-10-26)37(35(36)42)22-28-13-17-30(24-39)18-14-28/h1-18,31-34,38-41H,19-24H2/t31-,32-,33+,34+/m0/s1. The van der Waals surface area contributed by atoms with Gasteiger partial charge in [-0.1, -0.05) is 109 Å². The zero-order valence-corrected chi connectivity index (χ0v) is 23.5. The molecule has 7 nitrogen and oxygen atoms in total. The van der Waals surface area contributed by atoms with Crippen LogP contribution in [0.2, 0.25) is 0 Å². The lowest BCUT2D eigenvalue weighted by molar-refractivity contribution is -0.0408. The molecule has 42 heavy (non-hydrogen) atoms. The molecule has 2 amide bonds. The van der Waals surface area contributed by atoms with Gasteiger partial charge in [-0.05, 0) is 46.2 Å². The van der Waals surface area contributed by atoms with Crippen LogP contribution in [0.15, 0.2) is 109 Å². The Labute approximate surface area is 246 Å². The van der Waals surface area contributed by atoms with Crippen LogP contribution in [0.5, 0.6) is 0 Å². The van der Waals surface area contributed by atoms with Crippen LogP contribution in [0.3, 0.4) is 0 Å². The molecule has 4 atom stereocenters. The van der Waals surface area contributed by atoms with Crippen LogP contribution >= 0.6 is 0 Å². The smallest absolute Gasteiger partial charge is 0.321 e. The highest BCUT2D eigenvalue weighted by atomic mass is 16.3. The number of benzene rings is 4. The Morgan fingerprint density at radius 1 is 0.476 bits per heavy atom. The first-order chi connectivity index (χ1) is 20.5. The second-order valence-corrected chi connectivity index (χ2v) is 11.0. The van der Waals surface area contributed by atoms with E-state index in [0.717, 1.165) is 33.4 Å². The maximum absolute atomic E-state index is 14.6. The van der Waals surface area contributed by atoms with Gasteiger partial charge in [0.15, 0.2) is 0 Å². The van der Waals surface area contributed by atoms with E-state index >= 15 is 0 Å². The van der Waals surface area contributed by atoms with E-state index in [4.69, 9.17) is 0 Å². The van der Waals surface area contributed by atoms with Gasteiger partial charge in [-0.3, -0.25) is 0 Å². The summed E-state index contributed by atoms with van der Waals surface area (Å²) in [6.07, 6.45) is -1.67. The average Bonchev–Trinajstić information content (AvgIpc) is 3.10. The largest absolute Gasteiger partial charge is 0.392 e. The quantitative estimate of drug-likeness (QED) is 0.232. The SMILES string of the molecule is O=C1N(Cc2ccc(CO)cc2)[C@@H](Cc2ccccc2)[C@@H](O)[C@H](O)[C@H](Cc2ccccc2)N1Cc1ccc(CO)cc1. The molecular weight excluding hydrogens is 528 g/mol. The Balaban J connectivity index is 1.56. The molecule has 5 rings (SSSR count). The number of aliphatic hydroxyl groups is 4. The fourth-order valence-corrected chi connectivity index (χ4v) is 5.71.